The molecule has 0 aromatic rings. The molecule has 0 radical (unpaired) electrons. The smallest absolute Gasteiger partial charge is 0.404 e. The molecule has 1 amide bonds. The van der Waals surface area contributed by atoms with Crippen LogP contribution in [0.5, 0.6) is 0 Å². The van der Waals surface area contributed by atoms with Gasteiger partial charge in [-0.25, -0.2) is 4.79 Å². The Kier molecular flexibility index (Phi) is 4.56. The van der Waals surface area contributed by atoms with E-state index in [1.165, 1.54) is 25.8 Å². The molecule has 17 heavy (non-hydrogen) atoms. The van der Waals surface area contributed by atoms with Crippen LogP contribution in [0.3, 0.4) is 0 Å². The highest BCUT2D eigenvalue weighted by molar-refractivity contribution is 7.81. The lowest BCUT2D eigenvalue weighted by Gasteiger charge is -2.34. The molecule has 1 saturated carbocycles. The lowest BCUT2D eigenvalue weighted by Crippen LogP contribution is -2.38. The van der Waals surface area contributed by atoms with Crippen molar-refractivity contribution in [2.24, 2.45) is 5.92 Å². The topological polar surface area (TPSA) is 52.6 Å². The van der Waals surface area contributed by atoms with E-state index in [1.807, 2.05) is 0 Å². The van der Waals surface area contributed by atoms with Crippen LogP contribution in [0.1, 0.15) is 32.1 Å². The fourth-order valence-electron chi connectivity index (χ4n) is 3.05. The fourth-order valence-corrected chi connectivity index (χ4v) is 3.37. The second-order valence-corrected chi connectivity index (χ2v) is 6.03. The molecule has 2 N–H and O–H groups in total. The molecule has 1 saturated heterocycles. The predicted octanol–water partition coefficient (Wildman–Crippen LogP) is 1.82. The summed E-state index contributed by atoms with van der Waals surface area (Å²) in [5.41, 5.74) is 0. The summed E-state index contributed by atoms with van der Waals surface area (Å²) in [6.07, 6.45) is 5.05. The molecule has 0 bridgehead atoms. The zero-order chi connectivity index (χ0) is 12.3. The monoisotopic (exact) mass is 258 g/mol. The van der Waals surface area contributed by atoms with E-state index < -0.39 is 6.09 Å². The van der Waals surface area contributed by atoms with E-state index in [0.29, 0.717) is 23.8 Å². The highest BCUT2D eigenvalue weighted by Crippen LogP contribution is 2.30. The van der Waals surface area contributed by atoms with Crippen LogP contribution >= 0.6 is 12.6 Å². The normalized spacial score (nSPS) is 34.8. The van der Waals surface area contributed by atoms with E-state index in [0.717, 1.165) is 19.4 Å². The summed E-state index contributed by atoms with van der Waals surface area (Å²) < 4.78 is 0. The van der Waals surface area contributed by atoms with Gasteiger partial charge < -0.3 is 10.4 Å². The Balaban J connectivity index is 1.69. The quantitative estimate of drug-likeness (QED) is 0.677. The van der Waals surface area contributed by atoms with Crippen LogP contribution in [-0.2, 0) is 0 Å². The summed E-state index contributed by atoms with van der Waals surface area (Å²) >= 11 is 4.53. The van der Waals surface area contributed by atoms with Crippen LogP contribution < -0.4 is 5.32 Å². The van der Waals surface area contributed by atoms with Crippen molar-refractivity contribution in [1.82, 2.24) is 10.2 Å². The van der Waals surface area contributed by atoms with Crippen molar-refractivity contribution in [3.63, 3.8) is 0 Å². The van der Waals surface area contributed by atoms with E-state index >= 15 is 0 Å². The number of hydrogen-bond acceptors (Lipinski definition) is 3. The van der Waals surface area contributed by atoms with Gasteiger partial charge in [-0.1, -0.05) is 0 Å². The van der Waals surface area contributed by atoms with Crippen molar-refractivity contribution in [3.05, 3.63) is 0 Å². The first kappa shape index (κ1) is 13.0. The Morgan fingerprint density at radius 3 is 2.53 bits per heavy atom. The van der Waals surface area contributed by atoms with Gasteiger partial charge in [-0.15, -0.1) is 0 Å². The van der Waals surface area contributed by atoms with E-state index in [2.05, 4.69) is 22.8 Å². The van der Waals surface area contributed by atoms with Crippen LogP contribution in [0.2, 0.25) is 0 Å². The first-order valence-electron chi connectivity index (χ1n) is 6.54. The van der Waals surface area contributed by atoms with Gasteiger partial charge in [-0.2, -0.15) is 12.6 Å². The molecule has 1 atom stereocenters. The maximum Gasteiger partial charge on any atom is 0.404 e. The Bertz CT molecular complexity index is 267. The molecule has 2 aliphatic rings. The van der Waals surface area contributed by atoms with E-state index in [9.17, 15) is 4.79 Å². The number of hydrogen-bond donors (Lipinski definition) is 3. The summed E-state index contributed by atoms with van der Waals surface area (Å²) in [7, 11) is 0. The number of likely N-dealkylation sites (tertiary alicyclic amines) is 1. The van der Waals surface area contributed by atoms with Crippen LogP contribution in [-0.4, -0.2) is 47.0 Å². The average Bonchev–Trinajstić information content (AvgIpc) is 2.74. The second kappa shape index (κ2) is 5.96. The maximum absolute atomic E-state index is 10.4. The van der Waals surface area contributed by atoms with Gasteiger partial charge in [-0.3, -0.25) is 4.90 Å². The third-order valence-corrected chi connectivity index (χ3v) is 4.49. The van der Waals surface area contributed by atoms with Crippen LogP contribution in [0.15, 0.2) is 0 Å². The van der Waals surface area contributed by atoms with Crippen molar-refractivity contribution in [2.45, 2.75) is 43.4 Å². The van der Waals surface area contributed by atoms with Crippen LogP contribution in [0, 0.1) is 5.92 Å². The Morgan fingerprint density at radius 1 is 1.29 bits per heavy atom. The Hall–Kier alpha value is -0.420. The van der Waals surface area contributed by atoms with Crippen molar-refractivity contribution in [3.8, 4) is 0 Å². The number of thiol groups is 1. The van der Waals surface area contributed by atoms with Gasteiger partial charge in [-0.05, 0) is 44.6 Å². The SMILES string of the molecule is O=C(O)NCC1CCC(N2CCC(S)C2)CC1. The van der Waals surface area contributed by atoms with Crippen molar-refractivity contribution in [1.29, 1.82) is 0 Å². The van der Waals surface area contributed by atoms with Crippen LogP contribution in [0.4, 0.5) is 4.79 Å². The number of carbonyl (C=O) groups is 1. The van der Waals surface area contributed by atoms with Gasteiger partial charge in [0.15, 0.2) is 0 Å². The summed E-state index contributed by atoms with van der Waals surface area (Å²) in [6.45, 7) is 2.94. The molecule has 1 aliphatic carbocycles. The van der Waals surface area contributed by atoms with Crippen molar-refractivity contribution >= 4 is 18.7 Å². The third kappa shape index (κ3) is 3.78. The zero-order valence-corrected chi connectivity index (χ0v) is 11.0. The molecule has 0 aromatic carbocycles. The average molecular weight is 258 g/mol. The van der Waals surface area contributed by atoms with Gasteiger partial charge in [0.1, 0.15) is 0 Å². The number of rotatable bonds is 3. The standard InChI is InChI=1S/C12H22N2O2S/c15-12(16)13-7-9-1-3-10(4-2-9)14-6-5-11(17)8-14/h9-11,13,17H,1-8H2,(H,15,16). The van der Waals surface area contributed by atoms with Gasteiger partial charge in [0, 0.05) is 24.4 Å². The summed E-state index contributed by atoms with van der Waals surface area (Å²) in [4.78, 5) is 13.0. The zero-order valence-electron chi connectivity index (χ0n) is 10.1. The van der Waals surface area contributed by atoms with Gasteiger partial charge in [0.05, 0.1) is 0 Å². The van der Waals surface area contributed by atoms with Crippen molar-refractivity contribution < 1.29 is 9.90 Å². The molecular formula is C12H22N2O2S. The maximum atomic E-state index is 10.4. The third-order valence-electron chi connectivity index (χ3n) is 4.07. The molecule has 4 nitrogen and oxygen atoms in total. The Morgan fingerprint density at radius 2 is 2.00 bits per heavy atom. The highest BCUT2D eigenvalue weighted by Gasteiger charge is 2.29. The second-order valence-electron chi connectivity index (χ2n) is 5.30. The molecule has 2 rings (SSSR count). The van der Waals surface area contributed by atoms with Gasteiger partial charge in [0.25, 0.3) is 0 Å². The lowest BCUT2D eigenvalue weighted by molar-refractivity contribution is 0.159. The number of nitrogens with one attached hydrogen (secondary N) is 1. The largest absolute Gasteiger partial charge is 0.465 e. The predicted molar refractivity (Wildman–Crippen MR) is 70.7 cm³/mol. The first-order chi connectivity index (χ1) is 8.15. The van der Waals surface area contributed by atoms with Crippen molar-refractivity contribution in [2.75, 3.05) is 19.6 Å². The summed E-state index contributed by atoms with van der Waals surface area (Å²) in [5.74, 6) is 0.539. The molecule has 0 aromatic heterocycles. The van der Waals surface area contributed by atoms with E-state index in [4.69, 9.17) is 5.11 Å². The summed E-state index contributed by atoms with van der Waals surface area (Å²) in [5, 5.41) is 11.6. The molecule has 98 valence electrons. The molecular weight excluding hydrogens is 236 g/mol. The van der Waals surface area contributed by atoms with E-state index in [1.54, 1.807) is 0 Å². The lowest BCUT2D eigenvalue weighted by atomic mass is 9.85. The minimum absolute atomic E-state index is 0.539. The van der Waals surface area contributed by atoms with Gasteiger partial charge >= 0.3 is 6.09 Å². The first-order valence-corrected chi connectivity index (χ1v) is 7.05. The summed E-state index contributed by atoms with van der Waals surface area (Å²) in [6, 6.07) is 0.716. The molecule has 0 spiro atoms. The minimum atomic E-state index is -0.899. The number of nitrogens with zero attached hydrogens (tertiary/aromatic N) is 1. The molecule has 1 unspecified atom stereocenters. The molecule has 5 heteroatoms. The van der Waals surface area contributed by atoms with E-state index in [-0.39, 0.29) is 0 Å². The van der Waals surface area contributed by atoms with Gasteiger partial charge in [0.2, 0.25) is 0 Å². The Labute approximate surface area is 108 Å². The van der Waals surface area contributed by atoms with Crippen LogP contribution in [0.25, 0.3) is 0 Å². The highest BCUT2D eigenvalue weighted by atomic mass is 32.1. The fraction of sp³-hybridized carbons (Fsp3) is 0.917. The molecule has 1 heterocycles. The molecule has 1 aliphatic heterocycles. The number of carboxylic acid groups (broad SMARTS) is 1. The minimum Gasteiger partial charge on any atom is -0.465 e. The number of amides is 1. The molecule has 2 fully saturated rings.